The average Bonchev–Trinajstić information content (AvgIpc) is 3.26. The molecular formula is C20H22ClN3O4. The van der Waals surface area contributed by atoms with E-state index in [-0.39, 0.29) is 24.1 Å². The summed E-state index contributed by atoms with van der Waals surface area (Å²) < 4.78 is 5.03. The number of H-pyrrole nitrogens is 1. The largest absolute Gasteiger partial charge is 0.461 e. The molecule has 3 N–H and O–H groups in total. The maximum absolute atomic E-state index is 12.6. The van der Waals surface area contributed by atoms with E-state index in [1.54, 1.807) is 37.3 Å². The Kier molecular flexibility index (Phi) is 6.36. The van der Waals surface area contributed by atoms with E-state index < -0.39 is 11.9 Å². The predicted octanol–water partition coefficient (Wildman–Crippen LogP) is 2.91. The molecule has 1 fully saturated rings. The van der Waals surface area contributed by atoms with Gasteiger partial charge in [0, 0.05) is 28.4 Å². The molecule has 1 aromatic carbocycles. The summed E-state index contributed by atoms with van der Waals surface area (Å²) >= 11 is 5.98. The first-order chi connectivity index (χ1) is 13.5. The highest BCUT2D eigenvalue weighted by Gasteiger charge is 2.23. The number of amides is 2. The van der Waals surface area contributed by atoms with E-state index in [1.165, 1.54) is 0 Å². The molecule has 7 nitrogen and oxygen atoms in total. The van der Waals surface area contributed by atoms with Gasteiger partial charge in [-0.05, 0) is 50.5 Å². The van der Waals surface area contributed by atoms with Crippen LogP contribution >= 0.6 is 11.6 Å². The van der Waals surface area contributed by atoms with Crippen LogP contribution in [0.5, 0.6) is 0 Å². The van der Waals surface area contributed by atoms with Crippen LogP contribution < -0.4 is 10.6 Å². The number of carbonyl (C=O) groups excluding carboxylic acids is 3. The maximum atomic E-state index is 12.6. The standard InChI is InChI=1S/C20H22ClN3O4/c1-2-28-20(27)16(5-3-4-12-8-9-22-18(12)25)24-19(26)17-11-13-10-14(21)6-7-15(13)23-17/h5-7,10-12,23H,2-4,8-9H2,1H3,(H,22,25)(H,24,26)/t12-/m0/s1. The number of aromatic nitrogens is 1. The van der Waals surface area contributed by atoms with Crippen LogP contribution in [-0.2, 0) is 14.3 Å². The Morgan fingerprint density at radius 2 is 2.18 bits per heavy atom. The number of benzene rings is 1. The topological polar surface area (TPSA) is 100 Å². The van der Waals surface area contributed by atoms with Crippen LogP contribution in [0.1, 0.15) is 36.7 Å². The highest BCUT2D eigenvalue weighted by Crippen LogP contribution is 2.20. The molecule has 1 aliphatic rings. The van der Waals surface area contributed by atoms with E-state index in [0.29, 0.717) is 30.1 Å². The first-order valence-corrected chi connectivity index (χ1v) is 9.60. The maximum Gasteiger partial charge on any atom is 0.354 e. The third-order valence-electron chi connectivity index (χ3n) is 4.60. The zero-order chi connectivity index (χ0) is 20.1. The summed E-state index contributed by atoms with van der Waals surface area (Å²) in [6.45, 7) is 2.57. The lowest BCUT2D eigenvalue weighted by atomic mass is 10.0. The molecule has 1 aliphatic heterocycles. The van der Waals surface area contributed by atoms with Gasteiger partial charge in [0.25, 0.3) is 5.91 Å². The number of nitrogens with one attached hydrogen (secondary N) is 3. The van der Waals surface area contributed by atoms with E-state index in [4.69, 9.17) is 16.3 Å². The first kappa shape index (κ1) is 19.9. The Morgan fingerprint density at radius 3 is 2.89 bits per heavy atom. The van der Waals surface area contributed by atoms with E-state index in [9.17, 15) is 14.4 Å². The zero-order valence-electron chi connectivity index (χ0n) is 15.5. The van der Waals surface area contributed by atoms with Crippen molar-refractivity contribution in [2.45, 2.75) is 26.2 Å². The number of esters is 1. The van der Waals surface area contributed by atoms with Gasteiger partial charge in [0.1, 0.15) is 11.4 Å². The van der Waals surface area contributed by atoms with Crippen LogP contribution in [0.2, 0.25) is 5.02 Å². The van der Waals surface area contributed by atoms with E-state index in [0.717, 1.165) is 17.3 Å². The van der Waals surface area contributed by atoms with Gasteiger partial charge < -0.3 is 20.4 Å². The fourth-order valence-electron chi connectivity index (χ4n) is 3.16. The summed E-state index contributed by atoms with van der Waals surface area (Å²) in [7, 11) is 0. The van der Waals surface area contributed by atoms with E-state index >= 15 is 0 Å². The smallest absolute Gasteiger partial charge is 0.354 e. The van der Waals surface area contributed by atoms with Crippen LogP contribution in [0.3, 0.4) is 0 Å². The number of rotatable bonds is 7. The van der Waals surface area contributed by atoms with Crippen molar-refractivity contribution in [2.75, 3.05) is 13.2 Å². The highest BCUT2D eigenvalue weighted by atomic mass is 35.5. The molecule has 1 saturated heterocycles. The van der Waals surface area contributed by atoms with Crippen molar-refractivity contribution in [1.82, 2.24) is 15.6 Å². The lowest BCUT2D eigenvalue weighted by molar-refractivity contribution is -0.138. The van der Waals surface area contributed by atoms with Gasteiger partial charge >= 0.3 is 5.97 Å². The van der Waals surface area contributed by atoms with Crippen LogP contribution in [-0.4, -0.2) is 35.9 Å². The second-order valence-corrected chi connectivity index (χ2v) is 7.00. The van der Waals surface area contributed by atoms with Crippen molar-refractivity contribution in [3.05, 3.63) is 46.8 Å². The van der Waals surface area contributed by atoms with Gasteiger partial charge in [-0.3, -0.25) is 9.59 Å². The normalized spacial score (nSPS) is 16.9. The molecule has 0 radical (unpaired) electrons. The van der Waals surface area contributed by atoms with Gasteiger partial charge in [0.05, 0.1) is 6.61 Å². The minimum Gasteiger partial charge on any atom is -0.461 e. The quantitative estimate of drug-likeness (QED) is 0.488. The molecule has 28 heavy (non-hydrogen) atoms. The minimum absolute atomic E-state index is 0.0341. The predicted molar refractivity (Wildman–Crippen MR) is 106 cm³/mol. The summed E-state index contributed by atoms with van der Waals surface area (Å²) in [6, 6.07) is 6.93. The molecular weight excluding hydrogens is 382 g/mol. The van der Waals surface area contributed by atoms with Crippen LogP contribution in [0.4, 0.5) is 0 Å². The highest BCUT2D eigenvalue weighted by molar-refractivity contribution is 6.31. The average molecular weight is 404 g/mol. The van der Waals surface area contributed by atoms with Gasteiger partial charge in [-0.2, -0.15) is 0 Å². The number of aromatic amines is 1. The third kappa shape index (κ3) is 4.72. The fraction of sp³-hybridized carbons (Fsp3) is 0.350. The molecule has 1 aromatic heterocycles. The van der Waals surface area contributed by atoms with Gasteiger partial charge in [0.15, 0.2) is 0 Å². The van der Waals surface area contributed by atoms with E-state index in [2.05, 4.69) is 15.6 Å². The second-order valence-electron chi connectivity index (χ2n) is 6.56. The van der Waals surface area contributed by atoms with Crippen molar-refractivity contribution < 1.29 is 19.1 Å². The molecule has 0 saturated carbocycles. The number of hydrogen-bond acceptors (Lipinski definition) is 4. The molecule has 0 aliphatic carbocycles. The van der Waals surface area contributed by atoms with Crippen LogP contribution in [0.25, 0.3) is 10.9 Å². The van der Waals surface area contributed by atoms with Crippen molar-refractivity contribution in [1.29, 1.82) is 0 Å². The molecule has 2 amide bonds. The monoisotopic (exact) mass is 403 g/mol. The number of carbonyl (C=O) groups is 3. The van der Waals surface area contributed by atoms with Gasteiger partial charge in [-0.15, -0.1) is 0 Å². The van der Waals surface area contributed by atoms with Crippen molar-refractivity contribution in [2.24, 2.45) is 5.92 Å². The molecule has 0 bridgehead atoms. The van der Waals surface area contributed by atoms with Gasteiger partial charge in [-0.25, -0.2) is 4.79 Å². The third-order valence-corrected chi connectivity index (χ3v) is 4.83. The molecule has 0 unspecified atom stereocenters. The van der Waals surface area contributed by atoms with Crippen molar-refractivity contribution in [3.8, 4) is 0 Å². The number of halogens is 1. The van der Waals surface area contributed by atoms with Gasteiger partial charge in [0.2, 0.25) is 5.91 Å². The fourth-order valence-corrected chi connectivity index (χ4v) is 3.34. The Balaban J connectivity index is 1.71. The molecule has 1 atom stereocenters. The first-order valence-electron chi connectivity index (χ1n) is 9.22. The Bertz CT molecular complexity index is 935. The SMILES string of the molecule is CCOC(=O)C(=CCC[C@H]1CCNC1=O)NC(=O)c1cc2cc(Cl)ccc2[nH]1. The van der Waals surface area contributed by atoms with Gasteiger partial charge in [-0.1, -0.05) is 17.7 Å². The summed E-state index contributed by atoms with van der Waals surface area (Å²) in [4.78, 5) is 39.5. The summed E-state index contributed by atoms with van der Waals surface area (Å²) in [6.07, 6.45) is 3.48. The molecule has 0 spiro atoms. The molecule has 3 rings (SSSR count). The zero-order valence-corrected chi connectivity index (χ0v) is 16.3. The van der Waals surface area contributed by atoms with Crippen molar-refractivity contribution in [3.63, 3.8) is 0 Å². The minimum atomic E-state index is -0.606. The lowest BCUT2D eigenvalue weighted by Gasteiger charge is -2.09. The molecule has 8 heteroatoms. The van der Waals surface area contributed by atoms with E-state index in [1.807, 2.05) is 0 Å². The lowest BCUT2D eigenvalue weighted by Crippen LogP contribution is -2.29. The summed E-state index contributed by atoms with van der Waals surface area (Å²) in [5.74, 6) is -1.09. The second kappa shape index (κ2) is 8.93. The number of ether oxygens (including phenoxy) is 1. The molecule has 2 heterocycles. The Morgan fingerprint density at radius 1 is 1.36 bits per heavy atom. The van der Waals surface area contributed by atoms with Crippen molar-refractivity contribution >= 4 is 40.3 Å². The molecule has 2 aromatic rings. The number of fused-ring (bicyclic) bond motifs is 1. The summed E-state index contributed by atoms with van der Waals surface area (Å²) in [5, 5.41) is 6.77. The Labute approximate surface area is 167 Å². The van der Waals surface area contributed by atoms with Crippen LogP contribution in [0, 0.1) is 5.92 Å². The number of hydrogen-bond donors (Lipinski definition) is 3. The Hall–Kier alpha value is -2.80. The van der Waals surface area contributed by atoms with Crippen LogP contribution in [0.15, 0.2) is 36.0 Å². The number of allylic oxidation sites excluding steroid dienone is 1. The summed E-state index contributed by atoms with van der Waals surface area (Å²) in [5.41, 5.74) is 1.15. The molecule has 148 valence electrons.